The number of Topliss-reactive ketones (excluding diaryl/α,β-unsaturated/α-hetero) is 1. The van der Waals surface area contributed by atoms with Crippen molar-refractivity contribution in [1.82, 2.24) is 5.32 Å². The molecule has 0 spiro atoms. The van der Waals surface area contributed by atoms with Gasteiger partial charge >= 0.3 is 0 Å². The molecule has 5 nitrogen and oxygen atoms in total. The molecule has 1 fully saturated rings. The highest BCUT2D eigenvalue weighted by Crippen LogP contribution is 2.17. The zero-order valence-corrected chi connectivity index (χ0v) is 13.7. The molecule has 126 valence electrons. The average molecular weight is 319 g/mol. The summed E-state index contributed by atoms with van der Waals surface area (Å²) in [4.78, 5) is 23.2. The minimum absolute atomic E-state index is 0.00634. The molecule has 1 atom stereocenters. The summed E-state index contributed by atoms with van der Waals surface area (Å²) in [7, 11) is 0. The molecule has 1 heterocycles. The monoisotopic (exact) mass is 319 g/mol. The highest BCUT2D eigenvalue weighted by atomic mass is 16.5. The number of benzene rings is 1. The second-order valence-corrected chi connectivity index (χ2v) is 5.81. The van der Waals surface area contributed by atoms with Gasteiger partial charge in [0.05, 0.1) is 0 Å². The number of carbonyl (C=O) groups is 2. The number of rotatable bonds is 9. The van der Waals surface area contributed by atoms with E-state index in [1.165, 1.54) is 0 Å². The maximum absolute atomic E-state index is 11.7. The molecule has 1 aliphatic heterocycles. The van der Waals surface area contributed by atoms with Crippen LogP contribution in [0.3, 0.4) is 0 Å². The van der Waals surface area contributed by atoms with Crippen molar-refractivity contribution in [3.05, 3.63) is 29.8 Å². The molecule has 1 amide bonds. The quantitative estimate of drug-likeness (QED) is 0.561. The van der Waals surface area contributed by atoms with Crippen LogP contribution in [0.15, 0.2) is 24.3 Å². The maximum Gasteiger partial charge on any atom is 0.257 e. The summed E-state index contributed by atoms with van der Waals surface area (Å²) in [5, 5.41) is 2.86. The molecule has 1 saturated heterocycles. The van der Waals surface area contributed by atoms with Gasteiger partial charge in [-0.1, -0.05) is 6.92 Å². The standard InChI is InChI=1S/C18H25NO4/c1-2-17(20)15-5-7-16(8-6-15)23-13-18(21)19-10-3-4-14-9-11-22-12-14/h5-8,14H,2-4,9-13H2,1H3,(H,19,21)/t14-/m1/s1. The minimum Gasteiger partial charge on any atom is -0.484 e. The summed E-state index contributed by atoms with van der Waals surface area (Å²) in [5.41, 5.74) is 0.667. The largest absolute Gasteiger partial charge is 0.484 e. The van der Waals surface area contributed by atoms with Crippen molar-refractivity contribution in [3.8, 4) is 5.75 Å². The van der Waals surface area contributed by atoms with Crippen molar-refractivity contribution < 1.29 is 19.1 Å². The van der Waals surface area contributed by atoms with Crippen LogP contribution in [-0.4, -0.2) is 38.1 Å². The number of ketones is 1. The third kappa shape index (κ3) is 6.02. The summed E-state index contributed by atoms with van der Waals surface area (Å²) in [6.07, 6.45) is 3.67. The van der Waals surface area contributed by atoms with Crippen LogP contribution in [0.4, 0.5) is 0 Å². The Labute approximate surface area is 137 Å². The average Bonchev–Trinajstić information content (AvgIpc) is 3.10. The molecule has 0 radical (unpaired) electrons. The lowest BCUT2D eigenvalue weighted by Crippen LogP contribution is -2.29. The fourth-order valence-corrected chi connectivity index (χ4v) is 2.57. The zero-order valence-electron chi connectivity index (χ0n) is 13.7. The number of amides is 1. The molecule has 1 aliphatic rings. The van der Waals surface area contributed by atoms with Crippen LogP contribution in [0.25, 0.3) is 0 Å². The van der Waals surface area contributed by atoms with Gasteiger partial charge < -0.3 is 14.8 Å². The van der Waals surface area contributed by atoms with Crippen LogP contribution < -0.4 is 10.1 Å². The topological polar surface area (TPSA) is 64.6 Å². The van der Waals surface area contributed by atoms with E-state index in [9.17, 15) is 9.59 Å². The van der Waals surface area contributed by atoms with Gasteiger partial charge in [-0.25, -0.2) is 0 Å². The molecule has 0 unspecified atom stereocenters. The highest BCUT2D eigenvalue weighted by molar-refractivity contribution is 5.95. The van der Waals surface area contributed by atoms with E-state index in [4.69, 9.17) is 9.47 Å². The van der Waals surface area contributed by atoms with Crippen LogP contribution in [-0.2, 0) is 9.53 Å². The Morgan fingerprint density at radius 3 is 2.74 bits per heavy atom. The Bertz CT molecular complexity index is 506. The third-order valence-electron chi connectivity index (χ3n) is 4.00. The highest BCUT2D eigenvalue weighted by Gasteiger charge is 2.14. The van der Waals surface area contributed by atoms with Crippen molar-refractivity contribution in [2.75, 3.05) is 26.4 Å². The maximum atomic E-state index is 11.7. The van der Waals surface area contributed by atoms with Gasteiger partial charge in [-0.05, 0) is 49.4 Å². The number of nitrogens with one attached hydrogen (secondary N) is 1. The summed E-state index contributed by atoms with van der Waals surface area (Å²) >= 11 is 0. The van der Waals surface area contributed by atoms with Crippen molar-refractivity contribution in [2.24, 2.45) is 5.92 Å². The van der Waals surface area contributed by atoms with Gasteiger partial charge in [-0.3, -0.25) is 9.59 Å². The molecule has 1 N–H and O–H groups in total. The third-order valence-corrected chi connectivity index (χ3v) is 4.00. The van der Waals surface area contributed by atoms with Gasteiger partial charge in [0.25, 0.3) is 5.91 Å². The van der Waals surface area contributed by atoms with Gasteiger partial charge in [-0.15, -0.1) is 0 Å². The first-order valence-electron chi connectivity index (χ1n) is 8.29. The van der Waals surface area contributed by atoms with Crippen LogP contribution in [0.2, 0.25) is 0 Å². The normalized spacial score (nSPS) is 17.0. The summed E-state index contributed by atoms with van der Waals surface area (Å²) in [6, 6.07) is 6.89. The molecule has 0 aromatic heterocycles. The van der Waals surface area contributed by atoms with Gasteiger partial charge in [-0.2, -0.15) is 0 Å². The molecule has 5 heteroatoms. The molecular weight excluding hydrogens is 294 g/mol. The van der Waals surface area contributed by atoms with E-state index < -0.39 is 0 Å². The molecule has 23 heavy (non-hydrogen) atoms. The smallest absolute Gasteiger partial charge is 0.257 e. The Morgan fingerprint density at radius 2 is 2.09 bits per heavy atom. The van der Waals surface area contributed by atoms with Gasteiger partial charge in [0, 0.05) is 31.7 Å². The fourth-order valence-electron chi connectivity index (χ4n) is 2.57. The fraction of sp³-hybridized carbons (Fsp3) is 0.556. The van der Waals surface area contributed by atoms with E-state index in [1.54, 1.807) is 24.3 Å². The molecule has 0 bridgehead atoms. The number of hydrogen-bond acceptors (Lipinski definition) is 4. The van der Waals surface area contributed by atoms with Crippen LogP contribution in [0.1, 0.15) is 43.0 Å². The first kappa shape index (κ1) is 17.5. The van der Waals surface area contributed by atoms with Crippen molar-refractivity contribution in [2.45, 2.75) is 32.6 Å². The van der Waals surface area contributed by atoms with E-state index in [0.29, 0.717) is 30.2 Å². The van der Waals surface area contributed by atoms with Gasteiger partial charge in [0.2, 0.25) is 0 Å². The molecule has 0 aliphatic carbocycles. The predicted molar refractivity (Wildman–Crippen MR) is 87.7 cm³/mol. The number of ether oxygens (including phenoxy) is 2. The molecule has 0 saturated carbocycles. The summed E-state index contributed by atoms with van der Waals surface area (Å²) < 4.78 is 10.7. The first-order valence-corrected chi connectivity index (χ1v) is 8.29. The van der Waals surface area contributed by atoms with Crippen LogP contribution >= 0.6 is 0 Å². The predicted octanol–water partition coefficient (Wildman–Crippen LogP) is 2.59. The first-order chi connectivity index (χ1) is 11.2. The van der Waals surface area contributed by atoms with Crippen molar-refractivity contribution in [3.63, 3.8) is 0 Å². The Kier molecular flexibility index (Phi) is 7.07. The Morgan fingerprint density at radius 1 is 1.30 bits per heavy atom. The summed E-state index contributed by atoms with van der Waals surface area (Å²) in [6.45, 7) is 4.22. The molecule has 1 aromatic rings. The lowest BCUT2D eigenvalue weighted by molar-refractivity contribution is -0.123. The Balaban J connectivity index is 1.60. The van der Waals surface area contributed by atoms with E-state index in [1.807, 2.05) is 6.92 Å². The van der Waals surface area contributed by atoms with Crippen LogP contribution in [0.5, 0.6) is 5.75 Å². The SMILES string of the molecule is CCC(=O)c1ccc(OCC(=O)NCCC[C@@H]2CCOC2)cc1. The van der Waals surface area contributed by atoms with E-state index in [2.05, 4.69) is 5.32 Å². The molecular formula is C18H25NO4. The second kappa shape index (κ2) is 9.30. The van der Waals surface area contributed by atoms with E-state index >= 15 is 0 Å². The Hall–Kier alpha value is -1.88. The lowest BCUT2D eigenvalue weighted by Gasteiger charge is -2.09. The van der Waals surface area contributed by atoms with Gasteiger partial charge in [0.1, 0.15) is 5.75 Å². The zero-order chi connectivity index (χ0) is 16.5. The van der Waals surface area contributed by atoms with Gasteiger partial charge in [0.15, 0.2) is 12.4 Å². The second-order valence-electron chi connectivity index (χ2n) is 5.81. The van der Waals surface area contributed by atoms with Crippen molar-refractivity contribution >= 4 is 11.7 Å². The van der Waals surface area contributed by atoms with Crippen molar-refractivity contribution in [1.29, 1.82) is 0 Å². The summed E-state index contributed by atoms with van der Waals surface area (Å²) in [5.74, 6) is 1.21. The number of carbonyl (C=O) groups excluding carboxylic acids is 2. The van der Waals surface area contributed by atoms with E-state index in [0.717, 1.165) is 32.5 Å². The minimum atomic E-state index is -0.124. The lowest BCUT2D eigenvalue weighted by atomic mass is 10.0. The molecule has 2 rings (SSSR count). The molecule has 1 aromatic carbocycles. The van der Waals surface area contributed by atoms with Crippen LogP contribution in [0, 0.1) is 5.92 Å². The van der Waals surface area contributed by atoms with E-state index in [-0.39, 0.29) is 18.3 Å². The number of hydrogen-bond donors (Lipinski definition) is 1.